The average molecular weight is 295 g/mol. The topological polar surface area (TPSA) is 74.7 Å². The number of carbonyl (C=O) groups excluding carboxylic acids is 1. The first-order valence-electron chi connectivity index (χ1n) is 6.44. The van der Waals surface area contributed by atoms with Crippen LogP contribution < -0.4 is 0 Å². The van der Waals surface area contributed by atoms with Crippen molar-refractivity contribution in [2.75, 3.05) is 13.1 Å². The van der Waals surface area contributed by atoms with Crippen LogP contribution in [0.5, 0.6) is 0 Å². The minimum absolute atomic E-state index is 0.155. The van der Waals surface area contributed by atoms with Gasteiger partial charge >= 0.3 is 0 Å². The maximum atomic E-state index is 12.0. The van der Waals surface area contributed by atoms with E-state index in [0.717, 1.165) is 17.9 Å². The molecule has 5 nitrogen and oxygen atoms in total. The smallest absolute Gasteiger partial charge is 0.247 e. The number of hydrogen-bond acceptors (Lipinski definition) is 4. The number of amides is 1. The van der Waals surface area contributed by atoms with Crippen LogP contribution in [0.3, 0.4) is 0 Å². The maximum absolute atomic E-state index is 12.0. The van der Waals surface area contributed by atoms with Gasteiger partial charge in [-0.1, -0.05) is 18.2 Å². The Morgan fingerprint density at radius 2 is 2.00 bits per heavy atom. The summed E-state index contributed by atoms with van der Waals surface area (Å²) in [6, 6.07) is 7.94. The first kappa shape index (κ1) is 14.7. The van der Waals surface area contributed by atoms with E-state index in [4.69, 9.17) is 0 Å². The molecule has 1 heterocycles. The van der Waals surface area contributed by atoms with Crippen molar-refractivity contribution in [1.82, 2.24) is 4.90 Å². The van der Waals surface area contributed by atoms with Crippen LogP contribution in [-0.2, 0) is 14.6 Å². The highest BCUT2D eigenvalue weighted by molar-refractivity contribution is 7.94. The van der Waals surface area contributed by atoms with Gasteiger partial charge in [0.1, 0.15) is 0 Å². The number of benzene rings is 1. The van der Waals surface area contributed by atoms with Crippen molar-refractivity contribution in [3.63, 3.8) is 0 Å². The fourth-order valence-corrected chi connectivity index (χ4v) is 3.09. The number of sulfone groups is 1. The van der Waals surface area contributed by atoms with Gasteiger partial charge in [0.2, 0.25) is 5.91 Å². The van der Waals surface area contributed by atoms with Crippen LogP contribution in [0, 0.1) is 0 Å². The summed E-state index contributed by atoms with van der Waals surface area (Å²) in [6.07, 6.45) is 1.94. The molecule has 108 valence electrons. The summed E-state index contributed by atoms with van der Waals surface area (Å²) in [7, 11) is -3.60. The van der Waals surface area contributed by atoms with E-state index < -0.39 is 15.9 Å². The Labute approximate surface area is 118 Å². The number of carbonyl (C=O) groups is 1. The Morgan fingerprint density at radius 1 is 1.30 bits per heavy atom. The summed E-state index contributed by atoms with van der Waals surface area (Å²) in [6.45, 7) is 0.806. The Morgan fingerprint density at radius 3 is 2.65 bits per heavy atom. The standard InChI is InChI=1S/C14H17NO4S/c16-12-5-4-9-15(11-12)14(17)8-10-20(18,19)13-6-2-1-3-7-13/h1-3,6-8,10,12,16H,4-5,9,11H2/b10-8+. The molecule has 2 rings (SSSR count). The molecule has 1 aliphatic rings. The van der Waals surface area contributed by atoms with E-state index >= 15 is 0 Å². The number of β-amino-alcohol motifs (C(OH)–C–C–N with tert-alkyl or cyclic N) is 1. The highest BCUT2D eigenvalue weighted by Gasteiger charge is 2.21. The van der Waals surface area contributed by atoms with E-state index in [2.05, 4.69) is 0 Å². The predicted molar refractivity (Wildman–Crippen MR) is 74.6 cm³/mol. The summed E-state index contributed by atoms with van der Waals surface area (Å²) in [5.41, 5.74) is 0. The molecular weight excluding hydrogens is 278 g/mol. The Kier molecular flexibility index (Phi) is 4.57. The molecule has 1 N–H and O–H groups in total. The molecular formula is C14H17NO4S. The third kappa shape index (κ3) is 3.68. The Balaban J connectivity index is 2.07. The summed E-state index contributed by atoms with van der Waals surface area (Å²) in [5.74, 6) is -0.386. The molecule has 1 aliphatic heterocycles. The number of nitrogens with zero attached hydrogens (tertiary/aromatic N) is 1. The highest BCUT2D eigenvalue weighted by atomic mass is 32.2. The molecule has 1 fully saturated rings. The van der Waals surface area contributed by atoms with Crippen LogP contribution in [0.25, 0.3) is 0 Å². The summed E-state index contributed by atoms with van der Waals surface area (Å²) < 4.78 is 24.0. The van der Waals surface area contributed by atoms with E-state index in [9.17, 15) is 18.3 Å². The van der Waals surface area contributed by atoms with Crippen LogP contribution in [0.15, 0.2) is 46.7 Å². The second-order valence-corrected chi connectivity index (χ2v) is 6.57. The molecule has 1 atom stereocenters. The number of rotatable bonds is 3. The molecule has 6 heteroatoms. The van der Waals surface area contributed by atoms with Crippen LogP contribution in [-0.4, -0.2) is 43.5 Å². The van der Waals surface area contributed by atoms with Crippen molar-refractivity contribution in [2.45, 2.75) is 23.8 Å². The lowest BCUT2D eigenvalue weighted by Crippen LogP contribution is -2.41. The van der Waals surface area contributed by atoms with Gasteiger partial charge in [-0.15, -0.1) is 0 Å². The van der Waals surface area contributed by atoms with Crippen LogP contribution in [0.1, 0.15) is 12.8 Å². The molecule has 1 unspecified atom stereocenters. The first-order valence-corrected chi connectivity index (χ1v) is 7.99. The van der Waals surface area contributed by atoms with E-state index in [1.165, 1.54) is 17.0 Å². The van der Waals surface area contributed by atoms with Crippen molar-refractivity contribution in [3.8, 4) is 0 Å². The van der Waals surface area contributed by atoms with E-state index in [0.29, 0.717) is 13.0 Å². The van der Waals surface area contributed by atoms with Gasteiger partial charge in [-0.3, -0.25) is 4.79 Å². The lowest BCUT2D eigenvalue weighted by Gasteiger charge is -2.29. The summed E-state index contributed by atoms with van der Waals surface area (Å²) in [4.78, 5) is 13.5. The third-order valence-corrected chi connectivity index (χ3v) is 4.59. The molecule has 0 aliphatic carbocycles. The van der Waals surface area contributed by atoms with E-state index in [-0.39, 0.29) is 17.3 Å². The quantitative estimate of drug-likeness (QED) is 0.843. The number of piperidine rings is 1. The molecule has 1 aromatic rings. The van der Waals surface area contributed by atoms with Gasteiger partial charge in [-0.25, -0.2) is 8.42 Å². The molecule has 0 bridgehead atoms. The molecule has 0 spiro atoms. The molecule has 0 saturated carbocycles. The van der Waals surface area contributed by atoms with Crippen molar-refractivity contribution in [1.29, 1.82) is 0 Å². The van der Waals surface area contributed by atoms with Gasteiger partial charge in [0.25, 0.3) is 0 Å². The molecule has 20 heavy (non-hydrogen) atoms. The lowest BCUT2D eigenvalue weighted by molar-refractivity contribution is -0.128. The van der Waals surface area contributed by atoms with Gasteiger partial charge in [0.15, 0.2) is 9.84 Å². The molecule has 0 radical (unpaired) electrons. The Bertz CT molecular complexity index is 595. The van der Waals surface area contributed by atoms with Crippen molar-refractivity contribution < 1.29 is 18.3 Å². The van der Waals surface area contributed by atoms with Crippen LogP contribution >= 0.6 is 0 Å². The highest BCUT2D eigenvalue weighted by Crippen LogP contribution is 2.13. The summed E-state index contributed by atoms with van der Waals surface area (Å²) >= 11 is 0. The number of hydrogen-bond donors (Lipinski definition) is 1. The van der Waals surface area contributed by atoms with Crippen molar-refractivity contribution in [2.24, 2.45) is 0 Å². The fourth-order valence-electron chi connectivity index (χ4n) is 2.10. The van der Waals surface area contributed by atoms with E-state index in [1.807, 2.05) is 0 Å². The van der Waals surface area contributed by atoms with Crippen molar-refractivity contribution in [3.05, 3.63) is 41.8 Å². The Hall–Kier alpha value is -1.66. The second-order valence-electron chi connectivity index (χ2n) is 4.74. The van der Waals surface area contributed by atoms with E-state index in [1.54, 1.807) is 18.2 Å². The molecule has 1 amide bonds. The van der Waals surface area contributed by atoms with Gasteiger partial charge in [-0.2, -0.15) is 0 Å². The lowest BCUT2D eigenvalue weighted by atomic mass is 10.1. The normalized spacial score (nSPS) is 20.2. The largest absolute Gasteiger partial charge is 0.391 e. The predicted octanol–water partition coefficient (Wildman–Crippen LogP) is 0.957. The average Bonchev–Trinajstić information content (AvgIpc) is 2.46. The zero-order chi connectivity index (χ0) is 14.6. The van der Waals surface area contributed by atoms with Crippen LogP contribution in [0.2, 0.25) is 0 Å². The van der Waals surface area contributed by atoms with Crippen molar-refractivity contribution >= 4 is 15.7 Å². The molecule has 0 aromatic heterocycles. The summed E-state index contributed by atoms with van der Waals surface area (Å²) in [5, 5.41) is 10.4. The van der Waals surface area contributed by atoms with Gasteiger partial charge in [-0.05, 0) is 25.0 Å². The SMILES string of the molecule is O=C(/C=C/S(=O)(=O)c1ccccc1)N1CCCC(O)C1. The first-order chi connectivity index (χ1) is 9.49. The second kappa shape index (κ2) is 6.19. The number of likely N-dealkylation sites (tertiary alicyclic amines) is 1. The van der Waals surface area contributed by atoms with Gasteiger partial charge < -0.3 is 10.0 Å². The maximum Gasteiger partial charge on any atom is 0.247 e. The monoisotopic (exact) mass is 295 g/mol. The van der Waals surface area contributed by atoms with Gasteiger partial charge in [0.05, 0.1) is 11.0 Å². The molecule has 1 aromatic carbocycles. The van der Waals surface area contributed by atoms with Crippen LogP contribution in [0.4, 0.5) is 0 Å². The third-order valence-electron chi connectivity index (χ3n) is 3.17. The fraction of sp³-hybridized carbons (Fsp3) is 0.357. The zero-order valence-corrected chi connectivity index (χ0v) is 11.8. The van der Waals surface area contributed by atoms with Gasteiger partial charge in [0, 0.05) is 24.6 Å². The zero-order valence-electron chi connectivity index (χ0n) is 11.0. The molecule has 1 saturated heterocycles. The number of aliphatic hydroxyl groups excluding tert-OH is 1. The minimum Gasteiger partial charge on any atom is -0.391 e. The minimum atomic E-state index is -3.60. The number of aliphatic hydroxyl groups is 1.